The van der Waals surface area contributed by atoms with Crippen molar-refractivity contribution in [3.8, 4) is 5.75 Å². The molecule has 0 radical (unpaired) electrons. The summed E-state index contributed by atoms with van der Waals surface area (Å²) in [6.07, 6.45) is 0. The molecular weight excluding hydrogens is 266 g/mol. The summed E-state index contributed by atoms with van der Waals surface area (Å²) in [5, 5.41) is 0. The van der Waals surface area contributed by atoms with Crippen molar-refractivity contribution < 1.29 is 17.9 Å². The average Bonchev–Trinajstić information content (AvgIpc) is 2.34. The van der Waals surface area contributed by atoms with Crippen molar-refractivity contribution in [3.05, 3.63) is 23.3 Å². The molecular formula is C13H21NO4S. The van der Waals surface area contributed by atoms with Crippen molar-refractivity contribution in [2.75, 3.05) is 26.9 Å². The number of ether oxygens (including phenoxy) is 2. The van der Waals surface area contributed by atoms with Crippen molar-refractivity contribution in [2.24, 2.45) is 0 Å². The number of benzene rings is 1. The second kappa shape index (κ2) is 6.88. The fourth-order valence-corrected chi connectivity index (χ4v) is 2.82. The van der Waals surface area contributed by atoms with Crippen molar-refractivity contribution in [1.29, 1.82) is 0 Å². The molecule has 1 aromatic rings. The van der Waals surface area contributed by atoms with Gasteiger partial charge in [0, 0.05) is 13.7 Å². The maximum absolute atomic E-state index is 12.2. The highest BCUT2D eigenvalue weighted by atomic mass is 32.2. The van der Waals surface area contributed by atoms with E-state index in [1.54, 1.807) is 12.1 Å². The minimum atomic E-state index is -3.58. The van der Waals surface area contributed by atoms with Crippen LogP contribution < -0.4 is 9.46 Å². The highest BCUT2D eigenvalue weighted by Crippen LogP contribution is 2.27. The molecule has 0 bridgehead atoms. The predicted octanol–water partition coefficient (Wildman–Crippen LogP) is 1.63. The molecule has 0 aliphatic rings. The van der Waals surface area contributed by atoms with Gasteiger partial charge in [0.05, 0.1) is 13.2 Å². The van der Waals surface area contributed by atoms with Gasteiger partial charge in [-0.05, 0) is 44.0 Å². The number of hydrogen-bond acceptors (Lipinski definition) is 4. The van der Waals surface area contributed by atoms with E-state index in [0.29, 0.717) is 19.0 Å². The van der Waals surface area contributed by atoms with Crippen LogP contribution in [0.3, 0.4) is 0 Å². The molecule has 5 nitrogen and oxygen atoms in total. The molecule has 0 saturated carbocycles. The fourth-order valence-electron chi connectivity index (χ4n) is 1.60. The number of methoxy groups -OCH3 is 1. The van der Waals surface area contributed by atoms with Gasteiger partial charge in [0.25, 0.3) is 0 Å². The lowest BCUT2D eigenvalue weighted by Crippen LogP contribution is -2.27. The number of sulfonamides is 1. The highest BCUT2D eigenvalue weighted by Gasteiger charge is 2.20. The Bertz CT molecular complexity index is 526. The molecule has 0 heterocycles. The van der Waals surface area contributed by atoms with Crippen LogP contribution in [-0.4, -0.2) is 35.3 Å². The van der Waals surface area contributed by atoms with Crippen molar-refractivity contribution in [3.63, 3.8) is 0 Å². The summed E-state index contributed by atoms with van der Waals surface area (Å²) in [4.78, 5) is 0.175. The first-order valence-electron chi connectivity index (χ1n) is 6.15. The molecule has 0 atom stereocenters. The molecule has 19 heavy (non-hydrogen) atoms. The van der Waals surface area contributed by atoms with E-state index >= 15 is 0 Å². The smallest absolute Gasteiger partial charge is 0.244 e. The van der Waals surface area contributed by atoms with Crippen LogP contribution in [0.15, 0.2) is 17.0 Å². The quantitative estimate of drug-likeness (QED) is 0.774. The standard InChI is InChI=1S/C13H21NO4S/c1-5-18-12-8-10(2)11(3)9-13(12)19(15,16)14-6-7-17-4/h8-9,14H,5-7H2,1-4H3. The van der Waals surface area contributed by atoms with Crippen molar-refractivity contribution >= 4 is 10.0 Å². The van der Waals surface area contributed by atoms with E-state index in [9.17, 15) is 8.42 Å². The van der Waals surface area contributed by atoms with Crippen LogP contribution in [0.25, 0.3) is 0 Å². The Balaban J connectivity index is 3.12. The zero-order valence-electron chi connectivity index (χ0n) is 11.8. The molecule has 0 spiro atoms. The van der Waals surface area contributed by atoms with Crippen molar-refractivity contribution in [1.82, 2.24) is 4.72 Å². The molecule has 1 aromatic carbocycles. The third-order valence-electron chi connectivity index (χ3n) is 2.75. The first-order chi connectivity index (χ1) is 8.92. The molecule has 0 unspecified atom stereocenters. The monoisotopic (exact) mass is 287 g/mol. The average molecular weight is 287 g/mol. The summed E-state index contributed by atoms with van der Waals surface area (Å²) in [6.45, 7) is 6.60. The van der Waals surface area contributed by atoms with Gasteiger partial charge in [-0.1, -0.05) is 0 Å². The predicted molar refractivity (Wildman–Crippen MR) is 74.1 cm³/mol. The number of nitrogens with one attached hydrogen (secondary N) is 1. The van der Waals surface area contributed by atoms with Gasteiger partial charge in [0.2, 0.25) is 10.0 Å². The van der Waals surface area contributed by atoms with E-state index in [0.717, 1.165) is 11.1 Å². The molecule has 1 N–H and O–H groups in total. The van der Waals surface area contributed by atoms with Gasteiger partial charge < -0.3 is 9.47 Å². The molecule has 0 saturated heterocycles. The lowest BCUT2D eigenvalue weighted by Gasteiger charge is -2.14. The molecule has 0 aliphatic carbocycles. The molecule has 1 rings (SSSR count). The van der Waals surface area contributed by atoms with E-state index in [4.69, 9.17) is 9.47 Å². The largest absolute Gasteiger partial charge is 0.492 e. The molecule has 0 aromatic heterocycles. The van der Waals surface area contributed by atoms with Crippen LogP contribution in [0.1, 0.15) is 18.1 Å². The van der Waals surface area contributed by atoms with Crippen LogP contribution in [0, 0.1) is 13.8 Å². The van der Waals surface area contributed by atoms with E-state index in [1.807, 2.05) is 20.8 Å². The molecule has 0 aliphatic heterocycles. The summed E-state index contributed by atoms with van der Waals surface area (Å²) < 4.78 is 37.2. The Kier molecular flexibility index (Phi) is 5.78. The summed E-state index contributed by atoms with van der Waals surface area (Å²) >= 11 is 0. The minimum absolute atomic E-state index is 0.175. The van der Waals surface area contributed by atoms with E-state index in [2.05, 4.69) is 4.72 Å². The number of aryl methyl sites for hydroxylation is 2. The molecule has 0 amide bonds. The summed E-state index contributed by atoms with van der Waals surface area (Å²) in [5.41, 5.74) is 1.91. The summed E-state index contributed by atoms with van der Waals surface area (Å²) in [6, 6.07) is 3.39. The van der Waals surface area contributed by atoms with E-state index in [-0.39, 0.29) is 11.4 Å². The topological polar surface area (TPSA) is 64.6 Å². The van der Waals surface area contributed by atoms with Gasteiger partial charge in [-0.2, -0.15) is 0 Å². The van der Waals surface area contributed by atoms with Gasteiger partial charge in [-0.15, -0.1) is 0 Å². The zero-order valence-corrected chi connectivity index (χ0v) is 12.6. The van der Waals surface area contributed by atoms with Gasteiger partial charge in [0.1, 0.15) is 10.6 Å². The minimum Gasteiger partial charge on any atom is -0.492 e. The van der Waals surface area contributed by atoms with E-state index in [1.165, 1.54) is 7.11 Å². The Morgan fingerprint density at radius 1 is 1.21 bits per heavy atom. The number of hydrogen-bond donors (Lipinski definition) is 1. The third-order valence-corrected chi connectivity index (χ3v) is 4.23. The highest BCUT2D eigenvalue weighted by molar-refractivity contribution is 7.89. The summed E-state index contributed by atoms with van der Waals surface area (Å²) in [7, 11) is -2.06. The van der Waals surface area contributed by atoms with Crippen LogP contribution in [0.4, 0.5) is 0 Å². The zero-order chi connectivity index (χ0) is 14.5. The Morgan fingerprint density at radius 2 is 1.84 bits per heavy atom. The first kappa shape index (κ1) is 15.9. The second-order valence-electron chi connectivity index (χ2n) is 4.21. The molecule has 6 heteroatoms. The lowest BCUT2D eigenvalue weighted by atomic mass is 10.1. The van der Waals surface area contributed by atoms with E-state index < -0.39 is 10.0 Å². The van der Waals surface area contributed by atoms with Crippen molar-refractivity contribution in [2.45, 2.75) is 25.7 Å². The van der Waals surface area contributed by atoms with Crippen LogP contribution in [0.5, 0.6) is 5.75 Å². The van der Waals surface area contributed by atoms with Gasteiger partial charge in [-0.3, -0.25) is 0 Å². The Hall–Kier alpha value is -1.11. The van der Waals surface area contributed by atoms with Crippen LogP contribution in [-0.2, 0) is 14.8 Å². The SMILES string of the molecule is CCOc1cc(C)c(C)cc1S(=O)(=O)NCCOC. The Labute approximate surface area is 115 Å². The van der Waals surface area contributed by atoms with Gasteiger partial charge >= 0.3 is 0 Å². The maximum Gasteiger partial charge on any atom is 0.244 e. The summed E-state index contributed by atoms with van der Waals surface area (Å²) in [5.74, 6) is 0.385. The van der Waals surface area contributed by atoms with Crippen LogP contribution >= 0.6 is 0 Å². The first-order valence-corrected chi connectivity index (χ1v) is 7.63. The maximum atomic E-state index is 12.2. The number of rotatable bonds is 7. The normalized spacial score (nSPS) is 11.6. The Morgan fingerprint density at radius 3 is 2.42 bits per heavy atom. The van der Waals surface area contributed by atoms with Crippen LogP contribution in [0.2, 0.25) is 0 Å². The molecule has 0 fully saturated rings. The fraction of sp³-hybridized carbons (Fsp3) is 0.538. The molecule has 108 valence electrons. The van der Waals surface area contributed by atoms with Gasteiger partial charge in [-0.25, -0.2) is 13.1 Å². The third kappa shape index (κ3) is 4.19. The lowest BCUT2D eigenvalue weighted by molar-refractivity contribution is 0.204. The van der Waals surface area contributed by atoms with Gasteiger partial charge in [0.15, 0.2) is 0 Å². The second-order valence-corrected chi connectivity index (χ2v) is 5.94.